The Balaban J connectivity index is 1.35. The van der Waals surface area contributed by atoms with Gasteiger partial charge in [0.25, 0.3) is 5.91 Å². The molecule has 1 amide bonds. The van der Waals surface area contributed by atoms with Crippen molar-refractivity contribution in [2.24, 2.45) is 0 Å². The zero-order chi connectivity index (χ0) is 19.1. The first-order chi connectivity index (χ1) is 13.1. The third-order valence-electron chi connectivity index (χ3n) is 3.59. The number of rotatable bonds is 8. The van der Waals surface area contributed by atoms with E-state index in [0.717, 1.165) is 5.56 Å². The van der Waals surface area contributed by atoms with E-state index in [0.29, 0.717) is 34.7 Å². The Morgan fingerprint density at radius 1 is 1.19 bits per heavy atom. The van der Waals surface area contributed by atoms with Gasteiger partial charge in [-0.15, -0.1) is 10.2 Å². The van der Waals surface area contributed by atoms with Crippen LogP contribution in [0.4, 0.5) is 0 Å². The molecule has 0 aliphatic heterocycles. The largest absolute Gasteiger partial charge is 0.484 e. The zero-order valence-corrected chi connectivity index (χ0v) is 15.4. The molecule has 1 aromatic carbocycles. The van der Waals surface area contributed by atoms with Gasteiger partial charge in [0.05, 0.1) is 12.8 Å². The number of hydrogen-bond acceptors (Lipinski definition) is 6. The predicted octanol–water partition coefficient (Wildman–Crippen LogP) is 3.27. The third kappa shape index (κ3) is 5.46. The molecule has 2 heterocycles. The number of ether oxygens (including phenoxy) is 2. The van der Waals surface area contributed by atoms with Gasteiger partial charge in [0, 0.05) is 11.1 Å². The lowest BCUT2D eigenvalue weighted by molar-refractivity contribution is -0.123. The van der Waals surface area contributed by atoms with Crippen LogP contribution in [0.2, 0.25) is 5.02 Å². The number of aromatic nitrogens is 2. The fourth-order valence-electron chi connectivity index (χ4n) is 2.21. The summed E-state index contributed by atoms with van der Waals surface area (Å²) in [6.45, 7) is 2.37. The van der Waals surface area contributed by atoms with E-state index in [1.54, 1.807) is 48.7 Å². The molecule has 140 valence electrons. The van der Waals surface area contributed by atoms with Crippen LogP contribution >= 0.6 is 11.6 Å². The van der Waals surface area contributed by atoms with Gasteiger partial charge in [-0.25, -0.2) is 0 Å². The Morgan fingerprint density at radius 2 is 2.07 bits per heavy atom. The van der Waals surface area contributed by atoms with Gasteiger partial charge in [-0.1, -0.05) is 11.6 Å². The molecule has 0 atom stereocenters. The smallest absolute Gasteiger partial charge is 0.258 e. The second-order valence-electron chi connectivity index (χ2n) is 5.63. The maximum Gasteiger partial charge on any atom is 0.258 e. The molecule has 8 heteroatoms. The number of furan rings is 1. The summed E-state index contributed by atoms with van der Waals surface area (Å²) < 4.78 is 16.1. The van der Waals surface area contributed by atoms with E-state index in [1.807, 2.05) is 6.92 Å². The molecule has 0 saturated carbocycles. The Kier molecular flexibility index (Phi) is 6.27. The summed E-state index contributed by atoms with van der Waals surface area (Å²) in [5, 5.41) is 11.3. The molecule has 0 fully saturated rings. The SMILES string of the molecule is Cc1cc(OCC(=O)NCCOc2ccc(-c3ccco3)nn2)ccc1Cl. The number of aryl methyl sites for hydroxylation is 1. The molecular formula is C19H18ClN3O4. The zero-order valence-electron chi connectivity index (χ0n) is 14.6. The van der Waals surface area contributed by atoms with Crippen LogP contribution in [0.1, 0.15) is 5.56 Å². The molecule has 0 radical (unpaired) electrons. The van der Waals surface area contributed by atoms with Crippen LogP contribution in [0.25, 0.3) is 11.5 Å². The van der Waals surface area contributed by atoms with E-state index in [4.69, 9.17) is 25.5 Å². The Labute approximate surface area is 161 Å². The number of nitrogens with zero attached hydrogens (tertiary/aromatic N) is 2. The van der Waals surface area contributed by atoms with E-state index in [1.165, 1.54) is 0 Å². The Hall–Kier alpha value is -3.06. The van der Waals surface area contributed by atoms with Crippen LogP contribution in [0.5, 0.6) is 11.6 Å². The minimum absolute atomic E-state index is 0.0846. The molecule has 7 nitrogen and oxygen atoms in total. The van der Waals surface area contributed by atoms with Gasteiger partial charge in [-0.2, -0.15) is 0 Å². The molecule has 0 spiro atoms. The van der Waals surface area contributed by atoms with Gasteiger partial charge >= 0.3 is 0 Å². The predicted molar refractivity (Wildman–Crippen MR) is 99.9 cm³/mol. The normalized spacial score (nSPS) is 10.4. The van der Waals surface area contributed by atoms with E-state index >= 15 is 0 Å². The van der Waals surface area contributed by atoms with E-state index in [-0.39, 0.29) is 19.1 Å². The fourth-order valence-corrected chi connectivity index (χ4v) is 2.32. The molecular weight excluding hydrogens is 370 g/mol. The molecule has 0 bridgehead atoms. The highest BCUT2D eigenvalue weighted by Gasteiger charge is 2.06. The summed E-state index contributed by atoms with van der Waals surface area (Å²) in [5.41, 5.74) is 1.51. The maximum absolute atomic E-state index is 11.8. The van der Waals surface area contributed by atoms with Crippen LogP contribution < -0.4 is 14.8 Å². The van der Waals surface area contributed by atoms with Crippen LogP contribution in [-0.2, 0) is 4.79 Å². The first-order valence-corrected chi connectivity index (χ1v) is 8.65. The number of amides is 1. The lowest BCUT2D eigenvalue weighted by Gasteiger charge is -2.09. The molecule has 2 aromatic heterocycles. The van der Waals surface area contributed by atoms with Crippen molar-refractivity contribution >= 4 is 17.5 Å². The summed E-state index contributed by atoms with van der Waals surface area (Å²) in [4.78, 5) is 11.8. The maximum atomic E-state index is 11.8. The van der Waals surface area contributed by atoms with Gasteiger partial charge < -0.3 is 19.2 Å². The van der Waals surface area contributed by atoms with E-state index < -0.39 is 0 Å². The number of halogens is 1. The molecule has 1 N–H and O–H groups in total. The van der Waals surface area contributed by atoms with Crippen molar-refractivity contribution in [3.05, 3.63) is 59.3 Å². The van der Waals surface area contributed by atoms with Crippen LogP contribution in [0.3, 0.4) is 0 Å². The topological polar surface area (TPSA) is 86.5 Å². The lowest BCUT2D eigenvalue weighted by atomic mass is 10.2. The lowest BCUT2D eigenvalue weighted by Crippen LogP contribution is -2.32. The number of benzene rings is 1. The minimum Gasteiger partial charge on any atom is -0.484 e. The monoisotopic (exact) mass is 387 g/mol. The van der Waals surface area contributed by atoms with Gasteiger partial charge in [-0.05, 0) is 48.9 Å². The molecule has 0 aliphatic rings. The van der Waals surface area contributed by atoms with Crippen LogP contribution in [-0.4, -0.2) is 35.9 Å². The van der Waals surface area contributed by atoms with Crippen molar-refractivity contribution < 1.29 is 18.7 Å². The molecule has 3 rings (SSSR count). The van der Waals surface area contributed by atoms with Crippen LogP contribution in [0.15, 0.2) is 53.1 Å². The highest BCUT2D eigenvalue weighted by atomic mass is 35.5. The van der Waals surface area contributed by atoms with E-state index in [2.05, 4.69) is 15.5 Å². The number of hydrogen-bond donors (Lipinski definition) is 1. The van der Waals surface area contributed by atoms with Crippen LogP contribution in [0, 0.1) is 6.92 Å². The second-order valence-corrected chi connectivity index (χ2v) is 6.04. The first-order valence-electron chi connectivity index (χ1n) is 8.28. The summed E-state index contributed by atoms with van der Waals surface area (Å²) >= 11 is 5.95. The van der Waals surface area contributed by atoms with Gasteiger partial charge in [-0.3, -0.25) is 4.79 Å². The minimum atomic E-state index is -0.245. The summed E-state index contributed by atoms with van der Waals surface area (Å²) in [6, 6.07) is 12.3. The van der Waals surface area contributed by atoms with Crippen molar-refractivity contribution in [1.29, 1.82) is 0 Å². The Morgan fingerprint density at radius 3 is 2.78 bits per heavy atom. The van der Waals surface area contributed by atoms with Crippen molar-refractivity contribution in [2.75, 3.05) is 19.8 Å². The van der Waals surface area contributed by atoms with Crippen molar-refractivity contribution in [2.45, 2.75) is 6.92 Å². The third-order valence-corrected chi connectivity index (χ3v) is 4.01. The van der Waals surface area contributed by atoms with Crippen molar-refractivity contribution in [3.8, 4) is 23.1 Å². The average molecular weight is 388 g/mol. The van der Waals surface area contributed by atoms with Crippen molar-refractivity contribution in [3.63, 3.8) is 0 Å². The number of carbonyl (C=O) groups excluding carboxylic acids is 1. The molecule has 0 saturated heterocycles. The average Bonchev–Trinajstić information content (AvgIpc) is 3.21. The quantitative estimate of drug-likeness (QED) is 0.597. The molecule has 0 unspecified atom stereocenters. The van der Waals surface area contributed by atoms with E-state index in [9.17, 15) is 4.79 Å². The van der Waals surface area contributed by atoms with Gasteiger partial charge in [0.2, 0.25) is 5.88 Å². The number of carbonyl (C=O) groups is 1. The number of nitrogens with one attached hydrogen (secondary N) is 1. The highest BCUT2D eigenvalue weighted by molar-refractivity contribution is 6.31. The fraction of sp³-hybridized carbons (Fsp3) is 0.211. The van der Waals surface area contributed by atoms with Gasteiger partial charge in [0.15, 0.2) is 12.4 Å². The summed E-state index contributed by atoms with van der Waals surface area (Å²) in [7, 11) is 0. The highest BCUT2D eigenvalue weighted by Crippen LogP contribution is 2.21. The second kappa shape index (κ2) is 9.05. The first kappa shape index (κ1) is 18.7. The van der Waals surface area contributed by atoms with Crippen molar-refractivity contribution in [1.82, 2.24) is 15.5 Å². The molecule has 0 aliphatic carbocycles. The summed E-state index contributed by atoms with van der Waals surface area (Å²) in [6.07, 6.45) is 1.57. The molecule has 27 heavy (non-hydrogen) atoms. The van der Waals surface area contributed by atoms with Gasteiger partial charge in [0.1, 0.15) is 18.1 Å². The summed E-state index contributed by atoms with van der Waals surface area (Å²) in [5.74, 6) is 1.35. The molecule has 3 aromatic rings. The Bertz CT molecular complexity index is 882. The standard InChI is InChI=1S/C19H18ClN3O4/c1-13-11-14(4-5-15(13)20)27-12-18(24)21-8-10-26-19-7-6-16(22-23-19)17-3-2-9-25-17/h2-7,9,11H,8,10,12H2,1H3,(H,21,24).